The first kappa shape index (κ1) is 23.8. The molecule has 0 N–H and O–H groups in total. The van der Waals surface area contributed by atoms with Crippen molar-refractivity contribution in [1.82, 2.24) is 0 Å². The average molecular weight is 444 g/mol. The van der Waals surface area contributed by atoms with Gasteiger partial charge in [-0.05, 0) is 36.4 Å². The van der Waals surface area contributed by atoms with Crippen LogP contribution in [-0.2, 0) is 17.1 Å². The highest BCUT2D eigenvalue weighted by Crippen LogP contribution is 2.35. The van der Waals surface area contributed by atoms with E-state index in [9.17, 15) is 26.3 Å². The first-order chi connectivity index (χ1) is 14.5. The van der Waals surface area contributed by atoms with E-state index in [2.05, 4.69) is 0 Å². The topological polar surface area (TPSA) is 75.3 Å². The van der Waals surface area contributed by atoms with Crippen LogP contribution in [0.4, 0.5) is 26.3 Å². The predicted octanol–water partition coefficient (Wildman–Crippen LogP) is 4.94. The number of nitriles is 2. The van der Waals surface area contributed by atoms with Crippen LogP contribution in [0, 0.1) is 22.7 Å². The zero-order chi connectivity index (χ0) is 23.2. The number of methoxy groups -OCH3 is 1. The second-order valence-corrected chi connectivity index (χ2v) is 6.14. The van der Waals surface area contributed by atoms with Crippen LogP contribution >= 0.6 is 0 Å². The quantitative estimate of drug-likeness (QED) is 0.566. The Hall–Kier alpha value is -3.44. The van der Waals surface area contributed by atoms with Gasteiger partial charge in [-0.2, -0.15) is 36.9 Å². The first-order valence-electron chi connectivity index (χ1n) is 8.50. The first-order valence-corrected chi connectivity index (χ1v) is 8.50. The summed E-state index contributed by atoms with van der Waals surface area (Å²) in [7, 11) is 1.29. The van der Waals surface area contributed by atoms with Gasteiger partial charge in [-0.25, -0.2) is 0 Å². The van der Waals surface area contributed by atoms with E-state index in [0.717, 1.165) is 24.3 Å². The molecule has 0 aliphatic rings. The Morgan fingerprint density at radius 1 is 0.806 bits per heavy atom. The van der Waals surface area contributed by atoms with Crippen LogP contribution in [0.1, 0.15) is 22.3 Å². The van der Waals surface area contributed by atoms with Gasteiger partial charge >= 0.3 is 12.4 Å². The zero-order valence-corrected chi connectivity index (χ0v) is 15.8. The fraction of sp³-hybridized carbons (Fsp3) is 0.300. The molecule has 0 aliphatic heterocycles. The zero-order valence-electron chi connectivity index (χ0n) is 15.8. The molecule has 0 radical (unpaired) electrons. The number of alkyl halides is 6. The summed E-state index contributed by atoms with van der Waals surface area (Å²) in [6, 6.07) is 8.36. The molecule has 0 bridgehead atoms. The molecule has 0 aromatic heterocycles. The molecule has 0 fully saturated rings. The van der Waals surface area contributed by atoms with E-state index in [4.69, 9.17) is 24.7 Å². The van der Waals surface area contributed by atoms with Crippen molar-refractivity contribution in [3.63, 3.8) is 0 Å². The fourth-order valence-corrected chi connectivity index (χ4v) is 2.56. The molecule has 2 aromatic carbocycles. The highest BCUT2D eigenvalue weighted by Gasteiger charge is 2.35. The molecule has 1 atom stereocenters. The van der Waals surface area contributed by atoms with Crippen molar-refractivity contribution in [3.05, 3.63) is 58.7 Å². The third-order valence-electron chi connectivity index (χ3n) is 3.92. The smallest absolute Gasteiger partial charge is 0.417 e. The van der Waals surface area contributed by atoms with Crippen LogP contribution in [0.25, 0.3) is 0 Å². The van der Waals surface area contributed by atoms with E-state index in [1.807, 2.05) is 0 Å². The molecule has 0 heterocycles. The molecule has 0 amide bonds. The third-order valence-corrected chi connectivity index (χ3v) is 3.92. The van der Waals surface area contributed by atoms with Gasteiger partial charge in [0.1, 0.15) is 18.1 Å². The minimum atomic E-state index is -4.78. The summed E-state index contributed by atoms with van der Waals surface area (Å²) >= 11 is 0. The summed E-state index contributed by atoms with van der Waals surface area (Å²) < 4.78 is 94.1. The van der Waals surface area contributed by atoms with Gasteiger partial charge in [-0.3, -0.25) is 0 Å². The number of benzene rings is 2. The number of rotatable bonds is 7. The lowest BCUT2D eigenvalue weighted by molar-refractivity contribution is -0.138. The average Bonchev–Trinajstić information content (AvgIpc) is 2.70. The van der Waals surface area contributed by atoms with Crippen molar-refractivity contribution in [2.24, 2.45) is 0 Å². The predicted molar refractivity (Wildman–Crippen MR) is 94.1 cm³/mol. The van der Waals surface area contributed by atoms with Crippen molar-refractivity contribution in [3.8, 4) is 23.6 Å². The molecule has 5 nitrogen and oxygen atoms in total. The maximum Gasteiger partial charge on any atom is 0.417 e. The van der Waals surface area contributed by atoms with Gasteiger partial charge in [-0.1, -0.05) is 0 Å². The Balaban J connectivity index is 2.20. The number of ether oxygens (including phenoxy) is 3. The van der Waals surface area contributed by atoms with Gasteiger partial charge in [0.05, 0.1) is 41.0 Å². The number of nitrogens with zero attached hydrogens (tertiary/aromatic N) is 2. The lowest BCUT2D eigenvalue weighted by atomic mass is 10.1. The van der Waals surface area contributed by atoms with E-state index in [-0.39, 0.29) is 24.7 Å². The van der Waals surface area contributed by atoms with Crippen molar-refractivity contribution < 1.29 is 40.6 Å². The van der Waals surface area contributed by atoms with Gasteiger partial charge in [0.15, 0.2) is 6.10 Å². The molecule has 2 aromatic rings. The maximum absolute atomic E-state index is 13.1. The molecule has 0 saturated carbocycles. The van der Waals surface area contributed by atoms with Crippen molar-refractivity contribution >= 4 is 0 Å². The van der Waals surface area contributed by atoms with Gasteiger partial charge in [-0.15, -0.1) is 0 Å². The molecule has 0 aliphatic carbocycles. The molecule has 1 unspecified atom stereocenters. The SMILES string of the molecule is COCC(COc1ccc(C#N)c(C(F)(F)F)c1)Oc1ccc(C#N)c(C(F)(F)F)c1. The van der Waals surface area contributed by atoms with E-state index >= 15 is 0 Å². The second-order valence-electron chi connectivity index (χ2n) is 6.14. The molecular formula is C20H14F6N2O3. The number of hydrogen-bond acceptors (Lipinski definition) is 5. The molecule has 11 heteroatoms. The summed E-state index contributed by atoms with van der Waals surface area (Å²) in [4.78, 5) is 0. The lowest BCUT2D eigenvalue weighted by Gasteiger charge is -2.20. The summed E-state index contributed by atoms with van der Waals surface area (Å²) in [5.41, 5.74) is -3.54. The largest absolute Gasteiger partial charge is 0.490 e. The van der Waals surface area contributed by atoms with Gasteiger partial charge in [0.2, 0.25) is 0 Å². The summed E-state index contributed by atoms with van der Waals surface area (Å²) in [5, 5.41) is 17.6. The molecule has 2 rings (SSSR count). The lowest BCUT2D eigenvalue weighted by Crippen LogP contribution is -2.29. The highest BCUT2D eigenvalue weighted by atomic mass is 19.4. The number of halogens is 6. The Morgan fingerprint density at radius 3 is 1.74 bits per heavy atom. The Morgan fingerprint density at radius 2 is 1.29 bits per heavy atom. The number of hydrogen-bond donors (Lipinski definition) is 0. The summed E-state index contributed by atoms with van der Waals surface area (Å²) in [6.07, 6.45) is -10.5. The van der Waals surface area contributed by atoms with E-state index < -0.39 is 40.7 Å². The minimum absolute atomic E-state index is 0.149. The van der Waals surface area contributed by atoms with Crippen LogP contribution in [0.2, 0.25) is 0 Å². The summed E-state index contributed by atoms with van der Waals surface area (Å²) in [6.45, 7) is -0.512. The molecule has 31 heavy (non-hydrogen) atoms. The monoisotopic (exact) mass is 444 g/mol. The Bertz CT molecular complexity index is 1010. The Kier molecular flexibility index (Phi) is 7.37. The molecular weight excluding hydrogens is 430 g/mol. The van der Waals surface area contributed by atoms with Crippen LogP contribution in [0.15, 0.2) is 36.4 Å². The van der Waals surface area contributed by atoms with E-state index in [1.165, 1.54) is 19.2 Å². The Labute approximate surface area is 173 Å². The van der Waals surface area contributed by atoms with E-state index in [0.29, 0.717) is 12.1 Å². The van der Waals surface area contributed by atoms with Crippen LogP contribution in [0.3, 0.4) is 0 Å². The van der Waals surface area contributed by atoms with Crippen molar-refractivity contribution in [2.45, 2.75) is 18.5 Å². The maximum atomic E-state index is 13.1. The summed E-state index contributed by atoms with van der Waals surface area (Å²) in [5.74, 6) is -0.445. The van der Waals surface area contributed by atoms with Gasteiger partial charge in [0.25, 0.3) is 0 Å². The van der Waals surface area contributed by atoms with Crippen LogP contribution in [0.5, 0.6) is 11.5 Å². The molecule has 0 saturated heterocycles. The third kappa shape index (κ3) is 6.27. The minimum Gasteiger partial charge on any atom is -0.490 e. The van der Waals surface area contributed by atoms with Crippen LogP contribution in [-0.4, -0.2) is 26.4 Å². The van der Waals surface area contributed by atoms with Gasteiger partial charge < -0.3 is 14.2 Å². The molecule has 0 spiro atoms. The highest BCUT2D eigenvalue weighted by molar-refractivity contribution is 5.45. The fourth-order valence-electron chi connectivity index (χ4n) is 2.56. The normalized spacial score (nSPS) is 12.5. The van der Waals surface area contributed by atoms with Crippen molar-refractivity contribution in [1.29, 1.82) is 10.5 Å². The van der Waals surface area contributed by atoms with Crippen molar-refractivity contribution in [2.75, 3.05) is 20.3 Å². The van der Waals surface area contributed by atoms with E-state index in [1.54, 1.807) is 0 Å². The standard InChI is InChI=1S/C20H14F6N2O3/c1-29-10-16(31-15-5-3-13(9-28)18(7-15)20(24,25)26)11-30-14-4-2-12(8-27)17(6-14)19(21,22)23/h2-7,16H,10-11H2,1H3. The molecule has 164 valence electrons. The van der Waals surface area contributed by atoms with Gasteiger partial charge in [0, 0.05) is 7.11 Å². The second kappa shape index (κ2) is 9.58. The van der Waals surface area contributed by atoms with Crippen LogP contribution < -0.4 is 9.47 Å².